The first-order valence-corrected chi connectivity index (χ1v) is 4.65. The van der Waals surface area contributed by atoms with Gasteiger partial charge >= 0.3 is 5.82 Å². The minimum Gasteiger partial charge on any atom is -0.489 e. The number of pyridine rings is 1. The maximum absolute atomic E-state index is 10.3. The third-order valence-corrected chi connectivity index (χ3v) is 2.14. The van der Waals surface area contributed by atoms with Gasteiger partial charge in [0.25, 0.3) is 0 Å². The fraction of sp³-hybridized carbons (Fsp3) is 0.286. The highest BCUT2D eigenvalue weighted by Crippen LogP contribution is 2.22. The fourth-order valence-electron chi connectivity index (χ4n) is 0.770. The minimum absolute atomic E-state index is 0.159. The number of rotatable bonds is 3. The van der Waals surface area contributed by atoms with E-state index in [-0.39, 0.29) is 5.82 Å². The molecule has 70 valence electrons. The Labute approximate surface area is 88.4 Å². The number of hydrogen-bond acceptors (Lipinski definition) is 4. The van der Waals surface area contributed by atoms with Crippen molar-refractivity contribution in [2.75, 3.05) is 6.61 Å². The van der Waals surface area contributed by atoms with Gasteiger partial charge in [0.2, 0.25) is 0 Å². The van der Waals surface area contributed by atoms with Crippen LogP contribution in [0.4, 0.5) is 5.82 Å². The van der Waals surface area contributed by atoms with Gasteiger partial charge in [-0.3, -0.25) is 0 Å². The Kier molecular flexibility index (Phi) is 3.40. The second kappa shape index (κ2) is 4.35. The second-order valence-corrected chi connectivity index (χ2v) is 3.33. The molecule has 0 saturated carbocycles. The van der Waals surface area contributed by atoms with Crippen molar-refractivity contribution in [3.63, 3.8) is 0 Å². The van der Waals surface area contributed by atoms with Crippen LogP contribution in [-0.2, 0) is 0 Å². The topological polar surface area (TPSA) is 65.3 Å². The Morgan fingerprint density at radius 3 is 2.92 bits per heavy atom. The molecule has 0 aliphatic heterocycles. The van der Waals surface area contributed by atoms with Crippen molar-refractivity contribution in [2.24, 2.45) is 0 Å². The number of halogens is 1. The molecule has 0 spiro atoms. The molecule has 1 rings (SSSR count). The Morgan fingerprint density at radius 1 is 1.77 bits per heavy atom. The fourth-order valence-corrected chi connectivity index (χ4v) is 1.34. The largest absolute Gasteiger partial charge is 0.489 e. The van der Waals surface area contributed by atoms with Crippen LogP contribution in [0.1, 0.15) is 6.92 Å². The summed E-state index contributed by atoms with van der Waals surface area (Å²) < 4.78 is 5.87. The summed E-state index contributed by atoms with van der Waals surface area (Å²) in [6.45, 7) is 2.37. The van der Waals surface area contributed by atoms with Gasteiger partial charge in [0, 0.05) is 0 Å². The average Bonchev–Trinajstić information content (AvgIpc) is 2.08. The molecule has 1 aromatic heterocycles. The molecular weight excluding hydrogens is 287 g/mol. The van der Waals surface area contributed by atoms with Crippen LogP contribution in [0.25, 0.3) is 0 Å². The molecule has 0 N–H and O–H groups in total. The first-order chi connectivity index (χ1) is 6.15. The monoisotopic (exact) mass is 294 g/mol. The van der Waals surface area contributed by atoms with E-state index >= 15 is 0 Å². The lowest BCUT2D eigenvalue weighted by Crippen LogP contribution is -1.97. The van der Waals surface area contributed by atoms with Gasteiger partial charge in [-0.25, -0.2) is 0 Å². The molecule has 0 radical (unpaired) electrons. The van der Waals surface area contributed by atoms with Gasteiger partial charge in [-0.2, -0.15) is 0 Å². The third-order valence-electron chi connectivity index (χ3n) is 1.29. The number of nitro groups is 1. The second-order valence-electron chi connectivity index (χ2n) is 2.16. The summed E-state index contributed by atoms with van der Waals surface area (Å²) in [7, 11) is 0. The van der Waals surface area contributed by atoms with E-state index in [1.165, 1.54) is 12.3 Å². The highest BCUT2D eigenvalue weighted by molar-refractivity contribution is 14.1. The highest BCUT2D eigenvalue weighted by atomic mass is 127. The Morgan fingerprint density at radius 2 is 2.46 bits per heavy atom. The molecule has 0 atom stereocenters. The lowest BCUT2D eigenvalue weighted by atomic mass is 10.4. The zero-order valence-corrected chi connectivity index (χ0v) is 9.02. The summed E-state index contributed by atoms with van der Waals surface area (Å²) in [4.78, 5) is 13.4. The van der Waals surface area contributed by atoms with Crippen molar-refractivity contribution in [1.29, 1.82) is 0 Å². The van der Waals surface area contributed by atoms with Crippen molar-refractivity contribution < 1.29 is 9.66 Å². The zero-order valence-electron chi connectivity index (χ0n) is 6.86. The van der Waals surface area contributed by atoms with E-state index in [4.69, 9.17) is 4.74 Å². The summed E-state index contributed by atoms with van der Waals surface area (Å²) >= 11 is 1.97. The molecule has 6 heteroatoms. The van der Waals surface area contributed by atoms with Gasteiger partial charge in [0.1, 0.15) is 0 Å². The van der Waals surface area contributed by atoms with E-state index in [0.717, 1.165) is 0 Å². The third kappa shape index (κ3) is 2.51. The average molecular weight is 294 g/mol. The molecular formula is C7H7IN2O3. The van der Waals surface area contributed by atoms with Gasteiger partial charge in [-0.15, -0.1) is 0 Å². The number of nitrogens with zero attached hydrogens (tertiary/aromatic N) is 2. The van der Waals surface area contributed by atoms with Crippen LogP contribution >= 0.6 is 22.6 Å². The molecule has 0 aromatic carbocycles. The molecule has 0 saturated heterocycles. The van der Waals surface area contributed by atoms with Gasteiger partial charge < -0.3 is 14.9 Å². The predicted molar refractivity (Wildman–Crippen MR) is 54.8 cm³/mol. The number of ether oxygens (including phenoxy) is 1. The van der Waals surface area contributed by atoms with E-state index in [1.54, 1.807) is 0 Å². The van der Waals surface area contributed by atoms with E-state index in [1.807, 2.05) is 29.5 Å². The number of hydrogen-bond donors (Lipinski definition) is 0. The smallest absolute Gasteiger partial charge is 0.364 e. The van der Waals surface area contributed by atoms with Gasteiger partial charge in [0.05, 0.1) is 16.2 Å². The molecule has 1 aromatic rings. The predicted octanol–water partition coefficient (Wildman–Crippen LogP) is 1.99. The molecule has 0 unspecified atom stereocenters. The minimum atomic E-state index is -0.530. The zero-order chi connectivity index (χ0) is 9.84. The van der Waals surface area contributed by atoms with E-state index in [9.17, 15) is 10.1 Å². The van der Waals surface area contributed by atoms with Crippen LogP contribution < -0.4 is 4.74 Å². The van der Waals surface area contributed by atoms with Crippen molar-refractivity contribution in [3.05, 3.63) is 25.9 Å². The first-order valence-electron chi connectivity index (χ1n) is 3.58. The SMILES string of the molecule is CCOc1cnc([N+](=O)[O-])cc1I. The van der Waals surface area contributed by atoms with Gasteiger partial charge in [0.15, 0.2) is 11.9 Å². The molecule has 0 aliphatic carbocycles. The lowest BCUT2D eigenvalue weighted by Gasteiger charge is -2.02. The van der Waals surface area contributed by atoms with E-state index < -0.39 is 4.92 Å². The standard InChI is InChI=1S/C7H7IN2O3/c1-2-13-6-4-9-7(10(11)12)3-5(6)8/h3-4H,2H2,1H3. The molecule has 0 amide bonds. The highest BCUT2D eigenvalue weighted by Gasteiger charge is 2.11. The summed E-state index contributed by atoms with van der Waals surface area (Å²) in [5.41, 5.74) is 0. The quantitative estimate of drug-likeness (QED) is 0.486. The van der Waals surface area contributed by atoms with E-state index in [2.05, 4.69) is 4.98 Å². The van der Waals surface area contributed by atoms with Crippen molar-refractivity contribution >= 4 is 28.4 Å². The van der Waals surface area contributed by atoms with Crippen LogP contribution in [0.15, 0.2) is 12.3 Å². The van der Waals surface area contributed by atoms with Gasteiger partial charge in [-0.05, 0) is 39.4 Å². The summed E-state index contributed by atoms with van der Waals surface area (Å²) in [5, 5.41) is 10.3. The maximum Gasteiger partial charge on any atom is 0.364 e. The van der Waals surface area contributed by atoms with Crippen molar-refractivity contribution in [2.45, 2.75) is 6.92 Å². The Hall–Kier alpha value is -0.920. The van der Waals surface area contributed by atoms with Crippen LogP contribution in [0.2, 0.25) is 0 Å². The molecule has 1 heterocycles. The summed E-state index contributed by atoms with van der Waals surface area (Å²) in [5.74, 6) is 0.418. The van der Waals surface area contributed by atoms with Crippen LogP contribution in [0, 0.1) is 13.7 Å². The van der Waals surface area contributed by atoms with Crippen LogP contribution in [-0.4, -0.2) is 16.5 Å². The normalized spacial score (nSPS) is 9.69. The van der Waals surface area contributed by atoms with Crippen LogP contribution in [0.5, 0.6) is 5.75 Å². The molecule has 13 heavy (non-hydrogen) atoms. The lowest BCUT2D eigenvalue weighted by molar-refractivity contribution is -0.389. The molecule has 0 fully saturated rings. The summed E-state index contributed by atoms with van der Waals surface area (Å²) in [6, 6.07) is 1.38. The number of aromatic nitrogens is 1. The Balaban J connectivity index is 2.98. The summed E-state index contributed by atoms with van der Waals surface area (Å²) in [6.07, 6.45) is 1.36. The maximum atomic E-state index is 10.3. The van der Waals surface area contributed by atoms with Gasteiger partial charge in [-0.1, -0.05) is 0 Å². The molecule has 0 bridgehead atoms. The Bertz CT molecular complexity index is 330. The van der Waals surface area contributed by atoms with Crippen molar-refractivity contribution in [3.8, 4) is 5.75 Å². The molecule has 0 aliphatic rings. The first kappa shape index (κ1) is 10.2. The van der Waals surface area contributed by atoms with E-state index in [0.29, 0.717) is 15.9 Å². The van der Waals surface area contributed by atoms with Crippen LogP contribution in [0.3, 0.4) is 0 Å². The van der Waals surface area contributed by atoms with Crippen molar-refractivity contribution in [1.82, 2.24) is 4.98 Å². The molecule has 5 nitrogen and oxygen atoms in total.